The van der Waals surface area contributed by atoms with Crippen LogP contribution < -0.4 is 5.69 Å². The average molecular weight is 348 g/mol. The number of amides is 1. The van der Waals surface area contributed by atoms with Gasteiger partial charge >= 0.3 is 5.69 Å². The Kier molecular flexibility index (Phi) is 5.86. The van der Waals surface area contributed by atoms with Crippen molar-refractivity contribution in [2.75, 3.05) is 39.3 Å². The third-order valence-corrected chi connectivity index (χ3v) is 5.11. The van der Waals surface area contributed by atoms with Gasteiger partial charge in [0.05, 0.1) is 6.10 Å². The number of hydrogen-bond donors (Lipinski definition) is 0. The van der Waals surface area contributed by atoms with Crippen LogP contribution in [0, 0.1) is 13.8 Å². The van der Waals surface area contributed by atoms with Crippen LogP contribution in [0.3, 0.4) is 0 Å². The molecule has 0 aromatic carbocycles. The molecule has 0 radical (unpaired) electrons. The van der Waals surface area contributed by atoms with Gasteiger partial charge in [-0.3, -0.25) is 14.3 Å². The van der Waals surface area contributed by atoms with Gasteiger partial charge in [0.25, 0.3) is 0 Å². The van der Waals surface area contributed by atoms with E-state index in [2.05, 4.69) is 9.88 Å². The molecule has 3 heterocycles. The summed E-state index contributed by atoms with van der Waals surface area (Å²) in [6, 6.07) is 1.87. The largest absolute Gasteiger partial charge is 0.377 e. The van der Waals surface area contributed by atoms with Crippen molar-refractivity contribution in [2.45, 2.75) is 45.8 Å². The summed E-state index contributed by atoms with van der Waals surface area (Å²) in [6.45, 7) is 9.25. The van der Waals surface area contributed by atoms with Crippen molar-refractivity contribution in [3.05, 3.63) is 27.9 Å². The van der Waals surface area contributed by atoms with Crippen molar-refractivity contribution in [1.82, 2.24) is 19.4 Å². The molecule has 3 rings (SSSR count). The first kappa shape index (κ1) is 18.1. The summed E-state index contributed by atoms with van der Waals surface area (Å²) in [5.41, 5.74) is 1.30. The Morgan fingerprint density at radius 2 is 2.04 bits per heavy atom. The summed E-state index contributed by atoms with van der Waals surface area (Å²) in [4.78, 5) is 32.7. The van der Waals surface area contributed by atoms with Crippen LogP contribution in [0.1, 0.15) is 30.7 Å². The maximum atomic E-state index is 12.5. The molecular weight excluding hydrogens is 320 g/mol. The fraction of sp³-hybridized carbons (Fsp3) is 0.722. The Labute approximate surface area is 148 Å². The molecule has 2 saturated heterocycles. The maximum absolute atomic E-state index is 12.5. The fourth-order valence-corrected chi connectivity index (χ4v) is 3.67. The first-order chi connectivity index (χ1) is 12.0. The number of nitrogens with zero attached hydrogens (tertiary/aromatic N) is 4. The van der Waals surface area contributed by atoms with Gasteiger partial charge < -0.3 is 9.64 Å². The first-order valence-electron chi connectivity index (χ1n) is 9.20. The van der Waals surface area contributed by atoms with E-state index in [9.17, 15) is 9.59 Å². The third kappa shape index (κ3) is 4.67. The molecule has 1 amide bonds. The number of hydrogen-bond acceptors (Lipinski definition) is 5. The zero-order valence-electron chi connectivity index (χ0n) is 15.2. The standard InChI is InChI=1S/C18H28N4O3/c1-14-12-15(2)22(18(24)19-14)6-5-17(23)21-9-7-20(8-10-21)13-16-4-3-11-25-16/h12,16H,3-11,13H2,1-2H3/t16-/m1/s1. The summed E-state index contributed by atoms with van der Waals surface area (Å²) < 4.78 is 7.27. The molecule has 2 aliphatic heterocycles. The Balaban J connectivity index is 1.46. The third-order valence-electron chi connectivity index (χ3n) is 5.11. The lowest BCUT2D eigenvalue weighted by molar-refractivity contribution is -0.133. The van der Waals surface area contributed by atoms with E-state index < -0.39 is 0 Å². The monoisotopic (exact) mass is 348 g/mol. The van der Waals surface area contributed by atoms with Crippen molar-refractivity contribution < 1.29 is 9.53 Å². The van der Waals surface area contributed by atoms with Crippen LogP contribution in [0.2, 0.25) is 0 Å². The molecule has 0 bridgehead atoms. The van der Waals surface area contributed by atoms with Gasteiger partial charge in [0, 0.05) is 63.7 Å². The van der Waals surface area contributed by atoms with E-state index in [1.165, 1.54) is 0 Å². The van der Waals surface area contributed by atoms with Crippen LogP contribution in [-0.4, -0.2) is 70.7 Å². The molecule has 7 heteroatoms. The van der Waals surface area contributed by atoms with E-state index in [0.717, 1.165) is 57.9 Å². The highest BCUT2D eigenvalue weighted by Crippen LogP contribution is 2.14. The molecule has 2 fully saturated rings. The zero-order valence-corrected chi connectivity index (χ0v) is 15.2. The number of aromatic nitrogens is 2. The van der Waals surface area contributed by atoms with E-state index >= 15 is 0 Å². The predicted octanol–water partition coefficient (Wildman–Crippen LogP) is 0.573. The minimum atomic E-state index is -0.272. The molecule has 1 aromatic rings. The topological polar surface area (TPSA) is 67.7 Å². The predicted molar refractivity (Wildman–Crippen MR) is 94.6 cm³/mol. The minimum Gasteiger partial charge on any atom is -0.377 e. The van der Waals surface area contributed by atoms with Gasteiger partial charge in [-0.25, -0.2) is 4.79 Å². The van der Waals surface area contributed by atoms with Gasteiger partial charge in [0.15, 0.2) is 0 Å². The molecule has 0 saturated carbocycles. The lowest BCUT2D eigenvalue weighted by Gasteiger charge is -2.35. The second-order valence-corrected chi connectivity index (χ2v) is 7.04. The van der Waals surface area contributed by atoms with Gasteiger partial charge in [-0.2, -0.15) is 4.98 Å². The lowest BCUT2D eigenvalue weighted by Crippen LogP contribution is -2.50. The number of carbonyl (C=O) groups excluding carboxylic acids is 1. The van der Waals surface area contributed by atoms with Gasteiger partial charge in [0.1, 0.15) is 0 Å². The molecule has 1 aromatic heterocycles. The quantitative estimate of drug-likeness (QED) is 0.778. The molecule has 1 atom stereocenters. The van der Waals surface area contributed by atoms with Crippen molar-refractivity contribution in [3.8, 4) is 0 Å². The minimum absolute atomic E-state index is 0.114. The normalized spacial score (nSPS) is 21.7. The lowest BCUT2D eigenvalue weighted by atomic mass is 10.2. The van der Waals surface area contributed by atoms with E-state index in [1.54, 1.807) is 11.5 Å². The van der Waals surface area contributed by atoms with Crippen molar-refractivity contribution in [2.24, 2.45) is 0 Å². The number of ether oxygens (including phenoxy) is 1. The van der Waals surface area contributed by atoms with Gasteiger partial charge in [0.2, 0.25) is 5.91 Å². The fourth-order valence-electron chi connectivity index (χ4n) is 3.67. The molecule has 0 N–H and O–H groups in total. The van der Waals surface area contributed by atoms with Crippen LogP contribution in [0.15, 0.2) is 10.9 Å². The molecule has 25 heavy (non-hydrogen) atoms. The van der Waals surface area contributed by atoms with Crippen molar-refractivity contribution >= 4 is 5.91 Å². The highest BCUT2D eigenvalue weighted by atomic mass is 16.5. The molecule has 0 aliphatic carbocycles. The molecular formula is C18H28N4O3. The zero-order chi connectivity index (χ0) is 17.8. The Hall–Kier alpha value is -1.73. The Morgan fingerprint density at radius 3 is 2.68 bits per heavy atom. The SMILES string of the molecule is Cc1cc(C)n(CCC(=O)N2CCN(C[C@H]3CCCO3)CC2)c(=O)n1. The number of carbonyl (C=O) groups is 1. The summed E-state index contributed by atoms with van der Waals surface area (Å²) in [6.07, 6.45) is 3.02. The highest BCUT2D eigenvalue weighted by Gasteiger charge is 2.24. The maximum Gasteiger partial charge on any atom is 0.347 e. The van der Waals surface area contributed by atoms with E-state index in [4.69, 9.17) is 4.74 Å². The highest BCUT2D eigenvalue weighted by molar-refractivity contribution is 5.76. The smallest absolute Gasteiger partial charge is 0.347 e. The second-order valence-electron chi connectivity index (χ2n) is 7.04. The van der Waals surface area contributed by atoms with E-state index in [1.807, 2.05) is 17.9 Å². The van der Waals surface area contributed by atoms with Crippen LogP contribution >= 0.6 is 0 Å². The van der Waals surface area contributed by atoms with Gasteiger partial charge in [-0.05, 0) is 32.8 Å². The number of piperazine rings is 1. The summed E-state index contributed by atoms with van der Waals surface area (Å²) in [5.74, 6) is 0.114. The summed E-state index contributed by atoms with van der Waals surface area (Å²) >= 11 is 0. The Bertz CT molecular complexity index is 659. The van der Waals surface area contributed by atoms with Crippen molar-refractivity contribution in [1.29, 1.82) is 0 Å². The van der Waals surface area contributed by atoms with Crippen LogP contribution in [-0.2, 0) is 16.1 Å². The van der Waals surface area contributed by atoms with Crippen molar-refractivity contribution in [3.63, 3.8) is 0 Å². The van der Waals surface area contributed by atoms with Gasteiger partial charge in [-0.1, -0.05) is 0 Å². The molecule has 7 nitrogen and oxygen atoms in total. The molecule has 2 aliphatic rings. The molecule has 0 spiro atoms. The molecule has 138 valence electrons. The van der Waals surface area contributed by atoms with E-state index in [0.29, 0.717) is 24.8 Å². The molecule has 0 unspecified atom stereocenters. The second kappa shape index (κ2) is 8.10. The van der Waals surface area contributed by atoms with Crippen LogP contribution in [0.4, 0.5) is 0 Å². The van der Waals surface area contributed by atoms with Crippen LogP contribution in [0.5, 0.6) is 0 Å². The first-order valence-corrected chi connectivity index (χ1v) is 9.20. The number of aryl methyl sites for hydroxylation is 2. The van der Waals surface area contributed by atoms with Crippen LogP contribution in [0.25, 0.3) is 0 Å². The van der Waals surface area contributed by atoms with Gasteiger partial charge in [-0.15, -0.1) is 0 Å². The Morgan fingerprint density at radius 1 is 1.28 bits per heavy atom. The number of rotatable bonds is 5. The summed E-state index contributed by atoms with van der Waals surface area (Å²) in [5, 5.41) is 0. The average Bonchev–Trinajstić information content (AvgIpc) is 3.07. The van der Waals surface area contributed by atoms with E-state index in [-0.39, 0.29) is 11.6 Å². The summed E-state index contributed by atoms with van der Waals surface area (Å²) in [7, 11) is 0.